The van der Waals surface area contributed by atoms with Gasteiger partial charge in [-0.3, -0.25) is 4.79 Å². The Morgan fingerprint density at radius 2 is 1.78 bits per heavy atom. The van der Waals surface area contributed by atoms with E-state index in [4.69, 9.17) is 14.7 Å². The minimum atomic E-state index is -0.485. The van der Waals surface area contributed by atoms with Crippen LogP contribution in [0.3, 0.4) is 0 Å². The van der Waals surface area contributed by atoms with Crippen LogP contribution in [-0.2, 0) is 29.7 Å². The summed E-state index contributed by atoms with van der Waals surface area (Å²) in [5.74, 6) is 0.901. The van der Waals surface area contributed by atoms with Crippen molar-refractivity contribution in [2.24, 2.45) is 5.41 Å². The minimum Gasteiger partial charge on any atom is -0.463 e. The SMILES string of the molecule is CCc1cccc2cccc(N3CCc4c(nc(OCC5(CN(C)C)CC5)nc4NCC4(c5ccccc5)CCC(=O)N4)C3)c12. The number of carbonyl (C=O) groups excluding carboxylic acids is 1. The molecule has 2 aliphatic heterocycles. The number of ether oxygens (including phenoxy) is 1. The van der Waals surface area contributed by atoms with Crippen LogP contribution >= 0.6 is 0 Å². The van der Waals surface area contributed by atoms with Gasteiger partial charge in [-0.1, -0.05) is 67.6 Å². The molecule has 3 heterocycles. The van der Waals surface area contributed by atoms with E-state index in [2.05, 4.69) is 90.0 Å². The minimum absolute atomic E-state index is 0.0854. The third kappa shape index (κ3) is 5.96. The van der Waals surface area contributed by atoms with Crippen LogP contribution < -0.4 is 20.3 Å². The Hall–Kier alpha value is -4.17. The number of aryl methyl sites for hydroxylation is 1. The molecule has 2 N–H and O–H groups in total. The first-order chi connectivity index (χ1) is 21.9. The Kier molecular flexibility index (Phi) is 7.86. The third-order valence-corrected chi connectivity index (χ3v) is 9.89. The molecular weight excluding hydrogens is 560 g/mol. The summed E-state index contributed by atoms with van der Waals surface area (Å²) in [5.41, 5.74) is 5.55. The van der Waals surface area contributed by atoms with Crippen LogP contribution in [0.15, 0.2) is 66.7 Å². The van der Waals surface area contributed by atoms with Gasteiger partial charge in [0.25, 0.3) is 0 Å². The highest BCUT2D eigenvalue weighted by Gasteiger charge is 2.44. The average molecular weight is 605 g/mol. The van der Waals surface area contributed by atoms with E-state index in [1.165, 1.54) is 22.0 Å². The van der Waals surface area contributed by atoms with E-state index < -0.39 is 5.54 Å². The Bertz CT molecular complexity index is 1700. The number of carbonyl (C=O) groups is 1. The van der Waals surface area contributed by atoms with Gasteiger partial charge >= 0.3 is 6.01 Å². The lowest BCUT2D eigenvalue weighted by Gasteiger charge is -2.34. The number of aromatic nitrogens is 2. The van der Waals surface area contributed by atoms with Crippen molar-refractivity contribution < 1.29 is 9.53 Å². The number of hydrogen-bond acceptors (Lipinski definition) is 7. The molecule has 4 aromatic rings. The Morgan fingerprint density at radius 1 is 0.978 bits per heavy atom. The molecule has 1 aliphatic carbocycles. The number of amides is 1. The molecule has 2 fully saturated rings. The topological polar surface area (TPSA) is 82.6 Å². The maximum atomic E-state index is 12.5. The zero-order chi connectivity index (χ0) is 31.0. The van der Waals surface area contributed by atoms with E-state index in [0.717, 1.165) is 67.8 Å². The lowest BCUT2D eigenvalue weighted by atomic mass is 9.88. The van der Waals surface area contributed by atoms with Crippen LogP contribution in [0.2, 0.25) is 0 Å². The molecule has 1 saturated carbocycles. The van der Waals surface area contributed by atoms with Gasteiger partial charge in [-0.25, -0.2) is 0 Å². The molecule has 1 amide bonds. The fourth-order valence-corrected chi connectivity index (χ4v) is 7.35. The average Bonchev–Trinajstić information content (AvgIpc) is 3.71. The lowest BCUT2D eigenvalue weighted by Crippen LogP contribution is -2.45. The Labute approximate surface area is 266 Å². The molecule has 0 spiro atoms. The van der Waals surface area contributed by atoms with Crippen LogP contribution in [0.4, 0.5) is 11.5 Å². The van der Waals surface area contributed by atoms with E-state index in [-0.39, 0.29) is 11.3 Å². The predicted molar refractivity (Wildman–Crippen MR) is 180 cm³/mol. The van der Waals surface area contributed by atoms with Gasteiger partial charge in [-0.05, 0) is 68.8 Å². The van der Waals surface area contributed by atoms with Crippen molar-refractivity contribution in [3.63, 3.8) is 0 Å². The zero-order valence-electron chi connectivity index (χ0n) is 26.7. The molecule has 1 aromatic heterocycles. The summed E-state index contributed by atoms with van der Waals surface area (Å²) in [7, 11) is 4.24. The Morgan fingerprint density at radius 3 is 2.49 bits per heavy atom. The Balaban J connectivity index is 1.21. The molecule has 45 heavy (non-hydrogen) atoms. The molecule has 234 valence electrons. The molecular formula is C37H44N6O2. The molecule has 8 nitrogen and oxygen atoms in total. The quantitative estimate of drug-likeness (QED) is 0.228. The summed E-state index contributed by atoms with van der Waals surface area (Å²) in [4.78, 5) is 27.2. The second-order valence-electron chi connectivity index (χ2n) is 13.5. The monoisotopic (exact) mass is 604 g/mol. The highest BCUT2D eigenvalue weighted by Crippen LogP contribution is 2.46. The lowest BCUT2D eigenvalue weighted by molar-refractivity contribution is -0.119. The molecule has 3 aromatic carbocycles. The van der Waals surface area contributed by atoms with Crippen molar-refractivity contribution in [2.45, 2.75) is 57.5 Å². The molecule has 0 radical (unpaired) electrons. The van der Waals surface area contributed by atoms with E-state index in [0.29, 0.717) is 32.1 Å². The van der Waals surface area contributed by atoms with E-state index in [1.807, 2.05) is 18.2 Å². The number of fused-ring (bicyclic) bond motifs is 2. The van der Waals surface area contributed by atoms with Crippen molar-refractivity contribution >= 4 is 28.2 Å². The van der Waals surface area contributed by atoms with E-state index in [9.17, 15) is 4.79 Å². The molecule has 3 aliphatic rings. The zero-order valence-corrected chi connectivity index (χ0v) is 26.7. The standard InChI is InChI=1S/C37H44N6O2/c1-4-26-10-8-11-27-12-9-15-31(33(26)27)43-21-17-29-30(22-43)39-35(45-25-36(19-20-36)24-42(2)3)40-34(29)38-23-37(18-16-32(44)41-37)28-13-6-5-7-14-28/h5-15H,4,16-25H2,1-3H3,(H,41,44)(H,38,39,40). The first-order valence-corrected chi connectivity index (χ1v) is 16.4. The van der Waals surface area contributed by atoms with Gasteiger partial charge in [0.05, 0.1) is 24.4 Å². The smallest absolute Gasteiger partial charge is 0.318 e. The fraction of sp³-hybridized carbons (Fsp3) is 0.432. The van der Waals surface area contributed by atoms with Crippen molar-refractivity contribution in [2.75, 3.05) is 50.6 Å². The van der Waals surface area contributed by atoms with Gasteiger partial charge in [0.1, 0.15) is 5.82 Å². The number of benzene rings is 3. The first kappa shape index (κ1) is 29.5. The number of rotatable bonds is 11. The highest BCUT2D eigenvalue weighted by atomic mass is 16.5. The van der Waals surface area contributed by atoms with Gasteiger partial charge in [0, 0.05) is 48.1 Å². The van der Waals surface area contributed by atoms with Crippen LogP contribution in [0.5, 0.6) is 6.01 Å². The van der Waals surface area contributed by atoms with E-state index in [1.54, 1.807) is 0 Å². The fourth-order valence-electron chi connectivity index (χ4n) is 7.35. The molecule has 1 atom stereocenters. The van der Waals surface area contributed by atoms with Crippen molar-refractivity contribution in [1.82, 2.24) is 20.2 Å². The predicted octanol–water partition coefficient (Wildman–Crippen LogP) is 5.69. The number of hydrogen-bond donors (Lipinski definition) is 2. The summed E-state index contributed by atoms with van der Waals surface area (Å²) in [5, 5.41) is 9.58. The maximum absolute atomic E-state index is 12.5. The molecule has 7 rings (SSSR count). The maximum Gasteiger partial charge on any atom is 0.318 e. The number of nitrogens with zero attached hydrogens (tertiary/aromatic N) is 4. The second-order valence-corrected chi connectivity index (χ2v) is 13.5. The van der Waals surface area contributed by atoms with Crippen molar-refractivity contribution in [3.8, 4) is 6.01 Å². The number of nitrogens with one attached hydrogen (secondary N) is 2. The van der Waals surface area contributed by atoms with Gasteiger partial charge in [-0.15, -0.1) is 0 Å². The number of anilines is 2. The molecule has 1 saturated heterocycles. The van der Waals surface area contributed by atoms with E-state index >= 15 is 0 Å². The van der Waals surface area contributed by atoms with Gasteiger partial charge in [0.2, 0.25) is 5.91 Å². The van der Waals surface area contributed by atoms with Gasteiger partial charge in [-0.2, -0.15) is 9.97 Å². The summed E-state index contributed by atoms with van der Waals surface area (Å²) in [6.45, 7) is 5.93. The highest BCUT2D eigenvalue weighted by molar-refractivity contribution is 5.97. The first-order valence-electron chi connectivity index (χ1n) is 16.4. The van der Waals surface area contributed by atoms with Crippen LogP contribution in [0, 0.1) is 5.41 Å². The van der Waals surface area contributed by atoms with Crippen LogP contribution in [-0.4, -0.2) is 61.1 Å². The van der Waals surface area contributed by atoms with Gasteiger partial charge < -0.3 is 25.2 Å². The molecule has 0 bridgehead atoms. The third-order valence-electron chi connectivity index (χ3n) is 9.89. The summed E-state index contributed by atoms with van der Waals surface area (Å²) >= 11 is 0. The van der Waals surface area contributed by atoms with Crippen molar-refractivity contribution in [1.29, 1.82) is 0 Å². The normalized spacial score (nSPS) is 20.3. The second kappa shape index (κ2) is 12.0. The van der Waals surface area contributed by atoms with Crippen LogP contribution in [0.25, 0.3) is 10.8 Å². The van der Waals surface area contributed by atoms with Crippen LogP contribution in [0.1, 0.15) is 55.0 Å². The molecule has 1 unspecified atom stereocenters. The largest absolute Gasteiger partial charge is 0.463 e. The summed E-state index contributed by atoms with van der Waals surface area (Å²) in [6, 6.07) is 23.9. The van der Waals surface area contributed by atoms with Gasteiger partial charge in [0.15, 0.2) is 0 Å². The van der Waals surface area contributed by atoms with Crippen molar-refractivity contribution in [3.05, 3.63) is 89.1 Å². The summed E-state index contributed by atoms with van der Waals surface area (Å²) < 4.78 is 6.41. The molecule has 8 heteroatoms. The summed E-state index contributed by atoms with van der Waals surface area (Å²) in [6.07, 6.45) is 5.38.